The summed E-state index contributed by atoms with van der Waals surface area (Å²) in [6.07, 6.45) is 4.74. The first kappa shape index (κ1) is 25.3. The zero-order chi connectivity index (χ0) is 28.5. The molecule has 6 rings (SSSR count). The fourth-order valence-corrected chi connectivity index (χ4v) is 4.77. The van der Waals surface area contributed by atoms with Gasteiger partial charge in [0.2, 0.25) is 5.56 Å². The van der Waals surface area contributed by atoms with Crippen LogP contribution in [0.2, 0.25) is 0 Å². The lowest BCUT2D eigenvalue weighted by Gasteiger charge is -2.21. The van der Waals surface area contributed by atoms with Crippen LogP contribution >= 0.6 is 0 Å². The Morgan fingerprint density at radius 2 is 1.85 bits per heavy atom. The topological polar surface area (TPSA) is 140 Å². The van der Waals surface area contributed by atoms with E-state index in [9.17, 15) is 14.4 Å². The van der Waals surface area contributed by atoms with E-state index in [1.54, 1.807) is 42.1 Å². The summed E-state index contributed by atoms with van der Waals surface area (Å²) in [6.45, 7) is 1.80. The van der Waals surface area contributed by atoms with Crippen molar-refractivity contribution in [2.75, 3.05) is 5.73 Å². The highest BCUT2D eigenvalue weighted by atomic mass is 16.2. The Bertz CT molecular complexity index is 2130. The molecule has 0 aliphatic rings. The highest BCUT2D eigenvalue weighted by molar-refractivity contribution is 6.04. The maximum absolute atomic E-state index is 14.2. The molecule has 0 fully saturated rings. The smallest absolute Gasteiger partial charge is 0.264 e. The predicted octanol–water partition coefficient (Wildman–Crippen LogP) is 3.19. The van der Waals surface area contributed by atoms with Crippen molar-refractivity contribution in [2.45, 2.75) is 13.0 Å². The second-order valence-electron chi connectivity index (χ2n) is 9.35. The Morgan fingerprint density at radius 3 is 2.66 bits per heavy atom. The predicted molar refractivity (Wildman–Crippen MR) is 156 cm³/mol. The molecule has 1 atom stereocenters. The van der Waals surface area contributed by atoms with Crippen LogP contribution in [0.5, 0.6) is 0 Å². The summed E-state index contributed by atoms with van der Waals surface area (Å²) < 4.78 is 3.02. The number of hydrogen-bond donors (Lipinski definition) is 3. The van der Waals surface area contributed by atoms with E-state index in [1.165, 1.54) is 16.8 Å². The quantitative estimate of drug-likeness (QED) is 0.293. The average Bonchev–Trinajstić information content (AvgIpc) is 3.32. The molecule has 0 saturated carbocycles. The van der Waals surface area contributed by atoms with Crippen LogP contribution in [0.1, 0.15) is 40.1 Å². The van der Waals surface area contributed by atoms with E-state index in [2.05, 4.69) is 32.2 Å². The zero-order valence-corrected chi connectivity index (χ0v) is 21.8. The summed E-state index contributed by atoms with van der Waals surface area (Å²) in [5, 5.41) is 8.22. The Labute approximate surface area is 233 Å². The van der Waals surface area contributed by atoms with Gasteiger partial charge in [0.25, 0.3) is 11.5 Å². The fraction of sp³-hybridized carbons (Fsp3) is 0.0645. The number of nitrogens with two attached hydrogens (primary N) is 1. The zero-order valence-electron chi connectivity index (χ0n) is 21.8. The minimum Gasteiger partial charge on any atom is -0.381 e. The first-order chi connectivity index (χ1) is 19.9. The third-order valence-electron chi connectivity index (χ3n) is 6.65. The van der Waals surface area contributed by atoms with E-state index in [0.29, 0.717) is 38.9 Å². The minimum absolute atomic E-state index is 0.0518. The number of amides is 1. The van der Waals surface area contributed by atoms with E-state index in [4.69, 9.17) is 5.73 Å². The van der Waals surface area contributed by atoms with Gasteiger partial charge in [-0.05, 0) is 48.7 Å². The van der Waals surface area contributed by atoms with Crippen molar-refractivity contribution in [3.8, 4) is 17.5 Å². The van der Waals surface area contributed by atoms with Crippen LogP contribution in [0.3, 0.4) is 0 Å². The van der Waals surface area contributed by atoms with Crippen molar-refractivity contribution in [3.63, 3.8) is 0 Å². The maximum Gasteiger partial charge on any atom is 0.264 e. The number of nitrogens with zero attached hydrogens (tertiary/aromatic N) is 4. The van der Waals surface area contributed by atoms with E-state index < -0.39 is 11.9 Å². The molecule has 10 heteroatoms. The van der Waals surface area contributed by atoms with E-state index >= 15 is 0 Å². The van der Waals surface area contributed by atoms with Crippen LogP contribution in [-0.4, -0.2) is 30.1 Å². The molecule has 0 unspecified atom stereocenters. The first-order valence-electron chi connectivity index (χ1n) is 12.8. The lowest BCUT2D eigenvalue weighted by molar-refractivity contribution is 0.0941. The lowest BCUT2D eigenvalue weighted by atomic mass is 10.0. The van der Waals surface area contributed by atoms with Crippen LogP contribution < -0.4 is 22.2 Å². The van der Waals surface area contributed by atoms with Crippen molar-refractivity contribution in [1.82, 2.24) is 29.5 Å². The third kappa shape index (κ3) is 4.72. The van der Waals surface area contributed by atoms with Crippen LogP contribution in [0, 0.1) is 11.8 Å². The standard InChI is InChI=1S/C31H23N7O3/c1-19(35-30(40)27-28(32)36-37-16-6-14-34-29(27)37)24-18-22-8-5-7-21(12-11-20-13-15-33-25(39)17-20)26(22)31(41)38(24)23-9-3-2-4-10-23/h2-10,13-19H,1H3,(H2,32,36)(H,33,39)(H,35,40)/t19-/m1/s1. The van der Waals surface area contributed by atoms with Gasteiger partial charge in [0.05, 0.1) is 11.4 Å². The molecule has 1 amide bonds. The Hall–Kier alpha value is -5.95. The molecule has 6 aromatic rings. The molecule has 0 bridgehead atoms. The van der Waals surface area contributed by atoms with Gasteiger partial charge in [-0.15, -0.1) is 5.10 Å². The van der Waals surface area contributed by atoms with Crippen molar-refractivity contribution >= 4 is 28.1 Å². The molecule has 10 nitrogen and oxygen atoms in total. The molecule has 2 aromatic carbocycles. The van der Waals surface area contributed by atoms with Crippen molar-refractivity contribution in [1.29, 1.82) is 0 Å². The third-order valence-corrected chi connectivity index (χ3v) is 6.65. The number of nitrogen functional groups attached to an aromatic ring is 1. The number of benzene rings is 2. The molecule has 4 N–H and O–H groups in total. The van der Waals surface area contributed by atoms with Crippen molar-refractivity contribution in [3.05, 3.63) is 134 Å². The molecule has 4 heterocycles. The minimum atomic E-state index is -0.608. The molecule has 200 valence electrons. The molecule has 4 aromatic heterocycles. The molecule has 0 radical (unpaired) electrons. The summed E-state index contributed by atoms with van der Waals surface area (Å²) in [4.78, 5) is 46.1. The number of carbonyl (C=O) groups is 1. The van der Waals surface area contributed by atoms with Gasteiger partial charge in [-0.2, -0.15) is 0 Å². The van der Waals surface area contributed by atoms with Crippen LogP contribution in [0.15, 0.2) is 101 Å². The number of aromatic amines is 1. The second-order valence-corrected chi connectivity index (χ2v) is 9.35. The van der Waals surface area contributed by atoms with Gasteiger partial charge >= 0.3 is 0 Å². The number of fused-ring (bicyclic) bond motifs is 2. The molecule has 0 saturated heterocycles. The van der Waals surface area contributed by atoms with Gasteiger partial charge in [-0.1, -0.05) is 42.2 Å². The summed E-state index contributed by atoms with van der Waals surface area (Å²) in [7, 11) is 0. The Morgan fingerprint density at radius 1 is 1.02 bits per heavy atom. The molecule has 0 aliphatic carbocycles. The number of pyridine rings is 2. The summed E-state index contributed by atoms with van der Waals surface area (Å²) >= 11 is 0. The van der Waals surface area contributed by atoms with Gasteiger partial charge in [0.15, 0.2) is 11.5 Å². The Balaban J connectivity index is 1.48. The number of H-pyrrole nitrogens is 1. The molecule has 41 heavy (non-hydrogen) atoms. The number of anilines is 1. The van der Waals surface area contributed by atoms with Gasteiger partial charge in [0.1, 0.15) is 5.56 Å². The van der Waals surface area contributed by atoms with Crippen molar-refractivity contribution < 1.29 is 4.79 Å². The molecular weight excluding hydrogens is 518 g/mol. The van der Waals surface area contributed by atoms with Gasteiger partial charge in [-0.3, -0.25) is 19.0 Å². The molecular formula is C31H23N7O3. The maximum atomic E-state index is 14.2. The van der Waals surface area contributed by atoms with Crippen LogP contribution in [0.25, 0.3) is 22.1 Å². The second kappa shape index (κ2) is 10.3. The lowest BCUT2D eigenvalue weighted by Crippen LogP contribution is -2.32. The number of nitrogens with one attached hydrogen (secondary N) is 2. The summed E-state index contributed by atoms with van der Waals surface area (Å²) in [6, 6.07) is 20.6. The number of rotatable bonds is 4. The van der Waals surface area contributed by atoms with E-state index in [-0.39, 0.29) is 22.5 Å². The van der Waals surface area contributed by atoms with Gasteiger partial charge in [-0.25, -0.2) is 9.50 Å². The number of para-hydroxylation sites is 1. The monoisotopic (exact) mass is 541 g/mol. The SMILES string of the molecule is C[C@@H](NC(=O)c1c(N)nn2cccnc12)c1cc2cccc(C#Cc3cc[nH]c(=O)c3)c2c(=O)n1-c1ccccc1. The van der Waals surface area contributed by atoms with Crippen LogP contribution in [0.4, 0.5) is 5.82 Å². The Kier molecular flexibility index (Phi) is 6.37. The average molecular weight is 542 g/mol. The van der Waals surface area contributed by atoms with E-state index in [0.717, 1.165) is 0 Å². The van der Waals surface area contributed by atoms with Crippen LogP contribution in [-0.2, 0) is 0 Å². The molecule has 0 spiro atoms. The number of aromatic nitrogens is 5. The first-order valence-corrected chi connectivity index (χ1v) is 12.8. The normalized spacial score (nSPS) is 11.6. The highest BCUT2D eigenvalue weighted by Crippen LogP contribution is 2.24. The molecule has 0 aliphatic heterocycles. The highest BCUT2D eigenvalue weighted by Gasteiger charge is 2.23. The van der Waals surface area contributed by atoms with Gasteiger partial charge in [0, 0.05) is 47.2 Å². The summed E-state index contributed by atoms with van der Waals surface area (Å²) in [5.41, 5.74) is 8.24. The number of hydrogen-bond acceptors (Lipinski definition) is 6. The fourth-order valence-electron chi connectivity index (χ4n) is 4.77. The largest absolute Gasteiger partial charge is 0.381 e. The summed E-state index contributed by atoms with van der Waals surface area (Å²) in [5.74, 6) is 5.62. The number of carbonyl (C=O) groups excluding carboxylic acids is 1. The van der Waals surface area contributed by atoms with E-state index in [1.807, 2.05) is 48.5 Å². The van der Waals surface area contributed by atoms with Gasteiger partial charge < -0.3 is 16.0 Å². The van der Waals surface area contributed by atoms with Crippen molar-refractivity contribution in [2.24, 2.45) is 0 Å².